The topological polar surface area (TPSA) is 43.4 Å². The average molecular weight is 219 g/mol. The van der Waals surface area contributed by atoms with Crippen LogP contribution in [0.5, 0.6) is 5.75 Å². The first-order chi connectivity index (χ1) is 7.63. The lowest BCUT2D eigenvalue weighted by Gasteiger charge is -2.08. The summed E-state index contributed by atoms with van der Waals surface area (Å²) in [7, 11) is 3.29. The number of ether oxygens (including phenoxy) is 1. The van der Waals surface area contributed by atoms with Crippen LogP contribution in [0.3, 0.4) is 0 Å². The summed E-state index contributed by atoms with van der Waals surface area (Å²) >= 11 is 0. The summed E-state index contributed by atoms with van der Waals surface area (Å²) in [4.78, 5) is 23.1. The van der Waals surface area contributed by atoms with Gasteiger partial charge in [-0.3, -0.25) is 9.59 Å². The van der Waals surface area contributed by atoms with Crippen molar-refractivity contribution in [2.45, 2.75) is 26.7 Å². The summed E-state index contributed by atoms with van der Waals surface area (Å²) < 4.78 is 4.85. The van der Waals surface area contributed by atoms with Gasteiger partial charge in [0.2, 0.25) is 0 Å². The van der Waals surface area contributed by atoms with Gasteiger partial charge < -0.3 is 4.74 Å². The van der Waals surface area contributed by atoms with Gasteiger partial charge >= 0.3 is 0 Å². The molecule has 1 aromatic carbocycles. The van der Waals surface area contributed by atoms with Crippen molar-refractivity contribution >= 4 is 11.6 Å². The Balaban J connectivity index is 3.21. The van der Waals surface area contributed by atoms with Crippen LogP contribution >= 0.6 is 0 Å². The first-order valence-corrected chi connectivity index (χ1v) is 5.26. The minimum absolute atomic E-state index is 0.0146. The summed E-state index contributed by atoms with van der Waals surface area (Å²) in [6.45, 7) is 3.55. The standard InChI is InChI=1S/C13H15O3/c1-4-11(14)9-6-7-13(16-3)10(8-9)12(15)5-2/h6-8H,3-5H2,1-2H3. The molecule has 85 valence electrons. The second-order valence-corrected chi connectivity index (χ2v) is 3.41. The Morgan fingerprint density at radius 3 is 2.31 bits per heavy atom. The zero-order valence-electron chi connectivity index (χ0n) is 9.58. The molecule has 1 radical (unpaired) electrons. The van der Waals surface area contributed by atoms with Crippen LogP contribution < -0.4 is 4.74 Å². The van der Waals surface area contributed by atoms with Gasteiger partial charge in [0.05, 0.1) is 5.56 Å². The third-order valence-corrected chi connectivity index (χ3v) is 2.40. The Morgan fingerprint density at radius 2 is 1.81 bits per heavy atom. The Hall–Kier alpha value is -1.64. The molecule has 0 N–H and O–H groups in total. The van der Waals surface area contributed by atoms with Gasteiger partial charge in [0.15, 0.2) is 11.6 Å². The fourth-order valence-electron chi connectivity index (χ4n) is 1.44. The van der Waals surface area contributed by atoms with E-state index in [1.54, 1.807) is 32.0 Å². The largest absolute Gasteiger partial charge is 0.489 e. The van der Waals surface area contributed by atoms with E-state index in [4.69, 9.17) is 4.74 Å². The zero-order chi connectivity index (χ0) is 12.1. The van der Waals surface area contributed by atoms with Crippen molar-refractivity contribution < 1.29 is 14.3 Å². The molecule has 1 rings (SSSR count). The predicted molar refractivity (Wildman–Crippen MR) is 61.7 cm³/mol. The molecular formula is C13H15O3. The van der Waals surface area contributed by atoms with E-state index in [1.165, 1.54) is 0 Å². The van der Waals surface area contributed by atoms with E-state index in [0.717, 1.165) is 0 Å². The lowest BCUT2D eigenvalue weighted by molar-refractivity contribution is 0.0985. The molecule has 1 aromatic rings. The van der Waals surface area contributed by atoms with Gasteiger partial charge in [0.1, 0.15) is 12.9 Å². The number of carbonyl (C=O) groups excluding carboxylic acids is 2. The molecule has 0 unspecified atom stereocenters. The van der Waals surface area contributed by atoms with E-state index in [-0.39, 0.29) is 11.6 Å². The fourth-order valence-corrected chi connectivity index (χ4v) is 1.44. The molecule has 0 amide bonds. The molecule has 3 nitrogen and oxygen atoms in total. The number of hydrogen-bond donors (Lipinski definition) is 0. The van der Waals surface area contributed by atoms with Crippen molar-refractivity contribution in [1.82, 2.24) is 0 Å². The molecule has 0 aliphatic carbocycles. The third kappa shape index (κ3) is 2.48. The predicted octanol–water partition coefficient (Wildman–Crippen LogP) is 3.04. The summed E-state index contributed by atoms with van der Waals surface area (Å²) in [5.41, 5.74) is 0.969. The maximum absolute atomic E-state index is 11.6. The van der Waals surface area contributed by atoms with Crippen LogP contribution in [0.15, 0.2) is 18.2 Å². The van der Waals surface area contributed by atoms with Crippen LogP contribution in [0, 0.1) is 7.11 Å². The molecule has 0 bridgehead atoms. The van der Waals surface area contributed by atoms with Crippen molar-refractivity contribution in [2.75, 3.05) is 0 Å². The van der Waals surface area contributed by atoms with Crippen LogP contribution in [-0.4, -0.2) is 11.6 Å². The van der Waals surface area contributed by atoms with Crippen molar-refractivity contribution in [2.24, 2.45) is 0 Å². The van der Waals surface area contributed by atoms with Gasteiger partial charge in [-0.1, -0.05) is 13.8 Å². The molecule has 3 heteroatoms. The molecule has 0 heterocycles. The highest BCUT2D eigenvalue weighted by Crippen LogP contribution is 2.22. The van der Waals surface area contributed by atoms with E-state index in [0.29, 0.717) is 29.7 Å². The molecule has 0 aromatic heterocycles. The Bertz CT molecular complexity index is 408. The maximum atomic E-state index is 11.6. The molecule has 0 aliphatic rings. The Labute approximate surface area is 95.4 Å². The minimum Gasteiger partial charge on any atom is -0.489 e. The molecule has 16 heavy (non-hydrogen) atoms. The van der Waals surface area contributed by atoms with E-state index in [9.17, 15) is 9.59 Å². The average Bonchev–Trinajstić information content (AvgIpc) is 2.35. The van der Waals surface area contributed by atoms with Crippen LogP contribution in [0.2, 0.25) is 0 Å². The minimum atomic E-state index is -0.0515. The van der Waals surface area contributed by atoms with Crippen LogP contribution in [0.25, 0.3) is 0 Å². The van der Waals surface area contributed by atoms with Crippen molar-refractivity contribution in [1.29, 1.82) is 0 Å². The fraction of sp³-hybridized carbons (Fsp3) is 0.308. The third-order valence-electron chi connectivity index (χ3n) is 2.40. The first-order valence-electron chi connectivity index (χ1n) is 5.26. The maximum Gasteiger partial charge on any atom is 0.166 e. The Kier molecular flexibility index (Phi) is 4.23. The second kappa shape index (κ2) is 5.45. The number of rotatable bonds is 5. The molecule has 0 atom stereocenters. The lowest BCUT2D eigenvalue weighted by atomic mass is 10.0. The second-order valence-electron chi connectivity index (χ2n) is 3.41. The van der Waals surface area contributed by atoms with Gasteiger partial charge in [-0.05, 0) is 18.2 Å². The first kappa shape index (κ1) is 12.4. The normalized spacial score (nSPS) is 9.94. The van der Waals surface area contributed by atoms with Crippen molar-refractivity contribution in [3.8, 4) is 5.75 Å². The number of carbonyl (C=O) groups is 2. The van der Waals surface area contributed by atoms with E-state index >= 15 is 0 Å². The monoisotopic (exact) mass is 219 g/mol. The quantitative estimate of drug-likeness (QED) is 0.715. The molecule has 0 saturated carbocycles. The highest BCUT2D eigenvalue weighted by atomic mass is 16.5. The Morgan fingerprint density at radius 1 is 1.19 bits per heavy atom. The van der Waals surface area contributed by atoms with Crippen LogP contribution in [0.1, 0.15) is 47.4 Å². The molecule has 0 spiro atoms. The van der Waals surface area contributed by atoms with Gasteiger partial charge in [-0.15, -0.1) is 0 Å². The molecule has 0 aliphatic heterocycles. The number of hydrogen-bond acceptors (Lipinski definition) is 3. The lowest BCUT2D eigenvalue weighted by Crippen LogP contribution is -2.04. The SMILES string of the molecule is [CH2]Oc1ccc(C(=O)CC)cc1C(=O)CC. The zero-order valence-corrected chi connectivity index (χ0v) is 9.58. The summed E-state index contributed by atoms with van der Waals surface area (Å²) in [6.07, 6.45) is 0.796. The van der Waals surface area contributed by atoms with Gasteiger partial charge in [-0.25, -0.2) is 0 Å². The van der Waals surface area contributed by atoms with E-state index < -0.39 is 0 Å². The number of Topliss-reactive ketones (excluding diaryl/α,β-unsaturated/α-hetero) is 2. The number of benzene rings is 1. The highest BCUT2D eigenvalue weighted by Gasteiger charge is 2.13. The number of ketones is 2. The van der Waals surface area contributed by atoms with Crippen molar-refractivity contribution in [3.63, 3.8) is 0 Å². The van der Waals surface area contributed by atoms with Gasteiger partial charge in [0, 0.05) is 18.4 Å². The van der Waals surface area contributed by atoms with E-state index in [1.807, 2.05) is 0 Å². The smallest absolute Gasteiger partial charge is 0.166 e. The van der Waals surface area contributed by atoms with Crippen LogP contribution in [-0.2, 0) is 0 Å². The molecular weight excluding hydrogens is 204 g/mol. The molecule has 0 fully saturated rings. The molecule has 0 saturated heterocycles. The summed E-state index contributed by atoms with van der Waals surface area (Å²) in [5, 5.41) is 0. The summed E-state index contributed by atoms with van der Waals surface area (Å²) in [5.74, 6) is 0.379. The van der Waals surface area contributed by atoms with Gasteiger partial charge in [-0.2, -0.15) is 0 Å². The van der Waals surface area contributed by atoms with Crippen LogP contribution in [0.4, 0.5) is 0 Å². The summed E-state index contributed by atoms with van der Waals surface area (Å²) in [6, 6.07) is 4.84. The van der Waals surface area contributed by atoms with Crippen molar-refractivity contribution in [3.05, 3.63) is 36.4 Å². The van der Waals surface area contributed by atoms with Gasteiger partial charge in [0.25, 0.3) is 0 Å². The van der Waals surface area contributed by atoms with E-state index in [2.05, 4.69) is 7.11 Å². The highest BCUT2D eigenvalue weighted by molar-refractivity contribution is 6.03.